The van der Waals surface area contributed by atoms with E-state index in [0.717, 1.165) is 5.56 Å². The summed E-state index contributed by atoms with van der Waals surface area (Å²) in [6.07, 6.45) is 0. The molecule has 0 saturated heterocycles. The molecule has 0 bridgehead atoms. The third kappa shape index (κ3) is 2.98. The minimum atomic E-state index is -3.81. The van der Waals surface area contributed by atoms with E-state index in [1.807, 2.05) is 13.0 Å². The summed E-state index contributed by atoms with van der Waals surface area (Å²) in [5.74, 6) is -0.0735. The Morgan fingerprint density at radius 2 is 1.71 bits per heavy atom. The van der Waals surface area contributed by atoms with Gasteiger partial charge in [-0.2, -0.15) is 5.26 Å². The van der Waals surface area contributed by atoms with Crippen molar-refractivity contribution in [3.8, 4) is 11.8 Å². The third-order valence-corrected chi connectivity index (χ3v) is 4.49. The molecule has 0 aliphatic carbocycles. The number of benzene rings is 2. The highest BCUT2D eigenvalue weighted by molar-refractivity contribution is 7.92. The van der Waals surface area contributed by atoms with Crippen molar-refractivity contribution in [2.75, 3.05) is 4.72 Å². The van der Waals surface area contributed by atoms with Crippen molar-refractivity contribution in [3.05, 3.63) is 53.1 Å². The number of aryl methyl sites for hydroxylation is 1. The predicted octanol–water partition coefficient (Wildman–Crippen LogP) is 2.68. The van der Waals surface area contributed by atoms with Gasteiger partial charge in [-0.3, -0.25) is 4.72 Å². The monoisotopic (exact) mass is 302 g/mol. The maximum Gasteiger partial charge on any atom is 0.261 e. The summed E-state index contributed by atoms with van der Waals surface area (Å²) < 4.78 is 27.1. The highest BCUT2D eigenvalue weighted by Crippen LogP contribution is 2.30. The van der Waals surface area contributed by atoms with E-state index in [-0.39, 0.29) is 21.9 Å². The van der Waals surface area contributed by atoms with Gasteiger partial charge in [0.25, 0.3) is 10.0 Å². The Morgan fingerprint density at radius 1 is 1.10 bits per heavy atom. The van der Waals surface area contributed by atoms with Crippen LogP contribution in [-0.4, -0.2) is 13.5 Å². The molecule has 2 N–H and O–H groups in total. The first-order valence-corrected chi connectivity index (χ1v) is 7.65. The Hall–Kier alpha value is -2.52. The van der Waals surface area contributed by atoms with Crippen LogP contribution in [0.5, 0.6) is 5.75 Å². The number of nitrogens with one attached hydrogen (secondary N) is 1. The molecular weight excluding hydrogens is 288 g/mol. The minimum Gasteiger partial charge on any atom is -0.508 e. The lowest BCUT2D eigenvalue weighted by Crippen LogP contribution is -2.14. The molecular formula is C15H14N2O3S. The first-order valence-electron chi connectivity index (χ1n) is 6.17. The quantitative estimate of drug-likeness (QED) is 0.912. The second-order valence-electron chi connectivity index (χ2n) is 4.66. The number of aromatic hydroxyl groups is 1. The summed E-state index contributed by atoms with van der Waals surface area (Å²) in [5.41, 5.74) is 1.50. The van der Waals surface area contributed by atoms with E-state index in [4.69, 9.17) is 5.26 Å². The van der Waals surface area contributed by atoms with Crippen LogP contribution >= 0.6 is 0 Å². The molecule has 6 heteroatoms. The fraction of sp³-hybridized carbons (Fsp3) is 0.133. The highest BCUT2D eigenvalue weighted by atomic mass is 32.2. The molecule has 0 fully saturated rings. The van der Waals surface area contributed by atoms with E-state index in [0.29, 0.717) is 5.56 Å². The lowest BCUT2D eigenvalue weighted by Gasteiger charge is -2.13. The molecule has 108 valence electrons. The number of rotatable bonds is 3. The Morgan fingerprint density at radius 3 is 2.29 bits per heavy atom. The van der Waals surface area contributed by atoms with Crippen LogP contribution in [0.25, 0.3) is 0 Å². The summed E-state index contributed by atoms with van der Waals surface area (Å²) in [6, 6.07) is 11.0. The van der Waals surface area contributed by atoms with Crippen LogP contribution in [0.1, 0.15) is 16.7 Å². The number of anilines is 1. The molecule has 2 aromatic rings. The first kappa shape index (κ1) is 14.9. The third-order valence-electron chi connectivity index (χ3n) is 3.12. The van der Waals surface area contributed by atoms with E-state index in [1.54, 1.807) is 19.1 Å². The Labute approximate surface area is 123 Å². The first-order chi connectivity index (χ1) is 9.85. The Kier molecular flexibility index (Phi) is 3.87. The number of nitriles is 1. The van der Waals surface area contributed by atoms with Gasteiger partial charge in [0.05, 0.1) is 16.1 Å². The fourth-order valence-corrected chi connectivity index (χ4v) is 2.98. The molecule has 0 aliphatic rings. The Balaban J connectivity index is 2.49. The molecule has 21 heavy (non-hydrogen) atoms. The standard InChI is InChI=1S/C15H14N2O3S/c1-10-3-6-13(7-4-10)21(19,20)17-15-11(2)14(18)8-5-12(15)9-16/h3-8,17-18H,1-2H3. The normalized spacial score (nSPS) is 10.9. The van der Waals surface area contributed by atoms with Gasteiger partial charge in [0.1, 0.15) is 11.8 Å². The lowest BCUT2D eigenvalue weighted by molar-refractivity contribution is 0.471. The van der Waals surface area contributed by atoms with Crippen LogP contribution in [0.15, 0.2) is 41.3 Å². The van der Waals surface area contributed by atoms with Gasteiger partial charge < -0.3 is 5.11 Å². The van der Waals surface area contributed by atoms with E-state index in [1.165, 1.54) is 24.3 Å². The highest BCUT2D eigenvalue weighted by Gasteiger charge is 2.18. The van der Waals surface area contributed by atoms with Crippen LogP contribution in [0.3, 0.4) is 0 Å². The average Bonchev–Trinajstić information content (AvgIpc) is 2.44. The summed E-state index contributed by atoms with van der Waals surface area (Å²) >= 11 is 0. The summed E-state index contributed by atoms with van der Waals surface area (Å²) in [7, 11) is -3.81. The van der Waals surface area contributed by atoms with Crippen molar-refractivity contribution in [1.82, 2.24) is 0 Å². The van der Waals surface area contributed by atoms with Crippen molar-refractivity contribution in [3.63, 3.8) is 0 Å². The topological polar surface area (TPSA) is 90.2 Å². The van der Waals surface area contributed by atoms with Crippen molar-refractivity contribution < 1.29 is 13.5 Å². The zero-order chi connectivity index (χ0) is 15.6. The van der Waals surface area contributed by atoms with Crippen molar-refractivity contribution >= 4 is 15.7 Å². The summed E-state index contributed by atoms with van der Waals surface area (Å²) in [5, 5.41) is 18.8. The molecule has 0 unspecified atom stereocenters. The van der Waals surface area contributed by atoms with Gasteiger partial charge in [-0.1, -0.05) is 17.7 Å². The molecule has 0 atom stereocenters. The molecule has 0 spiro atoms. The van der Waals surface area contributed by atoms with E-state index in [9.17, 15) is 13.5 Å². The van der Waals surface area contributed by atoms with Gasteiger partial charge in [0.2, 0.25) is 0 Å². The van der Waals surface area contributed by atoms with Gasteiger partial charge in [0.15, 0.2) is 0 Å². The van der Waals surface area contributed by atoms with Gasteiger partial charge in [-0.25, -0.2) is 8.42 Å². The van der Waals surface area contributed by atoms with Crippen LogP contribution < -0.4 is 4.72 Å². The van der Waals surface area contributed by atoms with Gasteiger partial charge in [-0.15, -0.1) is 0 Å². The SMILES string of the molecule is Cc1ccc(S(=O)(=O)Nc2c(C#N)ccc(O)c2C)cc1. The largest absolute Gasteiger partial charge is 0.508 e. The number of phenolic OH excluding ortho intramolecular Hbond substituents is 1. The van der Waals surface area contributed by atoms with Gasteiger partial charge in [0, 0.05) is 5.56 Å². The second kappa shape index (κ2) is 5.46. The fourth-order valence-electron chi connectivity index (χ4n) is 1.84. The zero-order valence-corrected chi connectivity index (χ0v) is 12.4. The second-order valence-corrected chi connectivity index (χ2v) is 6.35. The van der Waals surface area contributed by atoms with E-state index < -0.39 is 10.0 Å². The average molecular weight is 302 g/mol. The Bertz CT molecular complexity index is 819. The molecule has 0 aromatic heterocycles. The predicted molar refractivity (Wildman–Crippen MR) is 79.5 cm³/mol. The smallest absolute Gasteiger partial charge is 0.261 e. The van der Waals surface area contributed by atoms with Crippen LogP contribution in [0.2, 0.25) is 0 Å². The molecule has 0 radical (unpaired) electrons. The molecule has 0 heterocycles. The van der Waals surface area contributed by atoms with E-state index in [2.05, 4.69) is 4.72 Å². The van der Waals surface area contributed by atoms with Crippen molar-refractivity contribution in [2.24, 2.45) is 0 Å². The van der Waals surface area contributed by atoms with Crippen molar-refractivity contribution in [1.29, 1.82) is 5.26 Å². The van der Waals surface area contributed by atoms with Gasteiger partial charge in [-0.05, 0) is 38.1 Å². The van der Waals surface area contributed by atoms with Crippen LogP contribution in [-0.2, 0) is 10.0 Å². The van der Waals surface area contributed by atoms with E-state index >= 15 is 0 Å². The number of hydrogen-bond acceptors (Lipinski definition) is 4. The van der Waals surface area contributed by atoms with Gasteiger partial charge >= 0.3 is 0 Å². The maximum atomic E-state index is 12.3. The molecule has 2 aromatic carbocycles. The summed E-state index contributed by atoms with van der Waals surface area (Å²) in [4.78, 5) is 0.0970. The lowest BCUT2D eigenvalue weighted by atomic mass is 10.1. The molecule has 0 amide bonds. The van der Waals surface area contributed by atoms with Crippen LogP contribution in [0.4, 0.5) is 5.69 Å². The maximum absolute atomic E-state index is 12.3. The number of nitrogens with zero attached hydrogens (tertiary/aromatic N) is 1. The molecule has 5 nitrogen and oxygen atoms in total. The summed E-state index contributed by atoms with van der Waals surface area (Å²) in [6.45, 7) is 3.40. The number of sulfonamides is 1. The molecule has 0 saturated carbocycles. The molecule has 2 rings (SSSR count). The van der Waals surface area contributed by atoms with Crippen molar-refractivity contribution in [2.45, 2.75) is 18.7 Å². The number of phenols is 1. The number of hydrogen-bond donors (Lipinski definition) is 2. The minimum absolute atomic E-state index is 0.0735. The van der Waals surface area contributed by atoms with Crippen LogP contribution in [0, 0.1) is 25.2 Å². The molecule has 0 aliphatic heterocycles. The zero-order valence-electron chi connectivity index (χ0n) is 11.6.